The van der Waals surface area contributed by atoms with Crippen molar-refractivity contribution < 1.29 is 14.3 Å². The van der Waals surface area contributed by atoms with Crippen LogP contribution in [0.1, 0.15) is 19.4 Å². The molecule has 0 saturated carbocycles. The lowest BCUT2D eigenvalue weighted by molar-refractivity contribution is -0.180. The highest BCUT2D eigenvalue weighted by Gasteiger charge is 2.23. The number of benzene rings is 2. The van der Waals surface area contributed by atoms with Crippen molar-refractivity contribution in [2.75, 3.05) is 0 Å². The molecule has 0 aliphatic carbocycles. The zero-order valence-corrected chi connectivity index (χ0v) is 13.3. The molecule has 0 bridgehead atoms. The Morgan fingerprint density at radius 2 is 1.52 bits per heavy atom. The fraction of sp³-hybridized carbons (Fsp3) is 0.150. The maximum Gasteiger partial charge on any atom is 0.334 e. The van der Waals surface area contributed by atoms with Crippen molar-refractivity contribution in [1.82, 2.24) is 0 Å². The van der Waals surface area contributed by atoms with E-state index in [0.717, 1.165) is 5.56 Å². The molecule has 3 nitrogen and oxygen atoms in total. The fourth-order valence-corrected chi connectivity index (χ4v) is 1.93. The molecule has 0 N–H and O–H groups in total. The van der Waals surface area contributed by atoms with Gasteiger partial charge < -0.3 is 9.47 Å². The second-order valence-electron chi connectivity index (χ2n) is 5.36. The minimum atomic E-state index is -1.04. The molecular weight excluding hydrogens is 288 g/mol. The first-order valence-electron chi connectivity index (χ1n) is 7.42. The number of rotatable bonds is 6. The summed E-state index contributed by atoms with van der Waals surface area (Å²) in [6.45, 7) is 3.40. The number of allylic oxidation sites excluding steroid dienone is 2. The summed E-state index contributed by atoms with van der Waals surface area (Å²) >= 11 is 0. The van der Waals surface area contributed by atoms with E-state index in [2.05, 4.69) is 0 Å². The summed E-state index contributed by atoms with van der Waals surface area (Å²) in [6.07, 6.45) is 6.72. The largest absolute Gasteiger partial charge is 0.453 e. The molecule has 23 heavy (non-hydrogen) atoms. The molecule has 0 amide bonds. The van der Waals surface area contributed by atoms with Crippen molar-refractivity contribution in [3.63, 3.8) is 0 Å². The minimum Gasteiger partial charge on any atom is -0.453 e. The van der Waals surface area contributed by atoms with Crippen LogP contribution in [0.5, 0.6) is 5.75 Å². The van der Waals surface area contributed by atoms with E-state index in [-0.39, 0.29) is 0 Å². The van der Waals surface area contributed by atoms with Crippen LogP contribution in [0.15, 0.2) is 78.9 Å². The summed E-state index contributed by atoms with van der Waals surface area (Å²) in [5.74, 6) is -0.840. The number of carbonyl (C=O) groups is 1. The fourth-order valence-electron chi connectivity index (χ4n) is 1.93. The van der Waals surface area contributed by atoms with Crippen LogP contribution in [0.3, 0.4) is 0 Å². The summed E-state index contributed by atoms with van der Waals surface area (Å²) in [5.41, 5.74) is 1.07. The first-order valence-corrected chi connectivity index (χ1v) is 7.42. The van der Waals surface area contributed by atoms with Crippen LogP contribution in [0.4, 0.5) is 0 Å². The van der Waals surface area contributed by atoms with Gasteiger partial charge in [0.25, 0.3) is 0 Å². The molecule has 0 aromatic heterocycles. The number of hydrogen-bond acceptors (Lipinski definition) is 3. The zero-order valence-electron chi connectivity index (χ0n) is 13.3. The Labute approximate surface area is 136 Å². The molecule has 118 valence electrons. The van der Waals surface area contributed by atoms with E-state index in [1.165, 1.54) is 6.08 Å². The van der Waals surface area contributed by atoms with Crippen molar-refractivity contribution in [2.24, 2.45) is 0 Å². The van der Waals surface area contributed by atoms with E-state index in [4.69, 9.17) is 9.47 Å². The Morgan fingerprint density at radius 1 is 0.913 bits per heavy atom. The average Bonchev–Trinajstić information content (AvgIpc) is 2.52. The monoisotopic (exact) mass is 308 g/mol. The van der Waals surface area contributed by atoms with E-state index in [1.807, 2.05) is 66.7 Å². The molecular formula is C20H20O3. The quantitative estimate of drug-likeness (QED) is 0.338. The standard InChI is InChI=1S/C20H20O3/c1-20(2,22-18-14-7-4-8-15-18)23-19(21)16-10-9-13-17-11-5-3-6-12-17/h3-16H,1-2H3. The van der Waals surface area contributed by atoms with E-state index in [1.54, 1.807) is 26.0 Å². The highest BCUT2D eigenvalue weighted by atomic mass is 16.7. The molecule has 0 atom stereocenters. The lowest BCUT2D eigenvalue weighted by Crippen LogP contribution is -2.33. The predicted molar refractivity (Wildman–Crippen MR) is 91.9 cm³/mol. The maximum atomic E-state index is 11.8. The average molecular weight is 308 g/mol. The first kappa shape index (κ1) is 16.6. The summed E-state index contributed by atoms with van der Waals surface area (Å²) < 4.78 is 11.0. The van der Waals surface area contributed by atoms with Crippen LogP contribution in [-0.4, -0.2) is 11.8 Å². The van der Waals surface area contributed by atoms with Gasteiger partial charge in [-0.25, -0.2) is 4.79 Å². The number of carbonyl (C=O) groups excluding carboxylic acids is 1. The summed E-state index contributed by atoms with van der Waals surface area (Å²) in [7, 11) is 0. The van der Waals surface area contributed by atoms with E-state index < -0.39 is 11.8 Å². The molecule has 0 heterocycles. The maximum absolute atomic E-state index is 11.8. The topological polar surface area (TPSA) is 35.5 Å². The van der Waals surface area contributed by atoms with Gasteiger partial charge in [0.1, 0.15) is 5.75 Å². The third kappa shape index (κ3) is 6.22. The van der Waals surface area contributed by atoms with Gasteiger partial charge in [-0.3, -0.25) is 0 Å². The predicted octanol–water partition coefficient (Wildman–Crippen LogP) is 4.61. The van der Waals surface area contributed by atoms with E-state index in [9.17, 15) is 4.79 Å². The molecule has 0 aliphatic heterocycles. The van der Waals surface area contributed by atoms with Crippen molar-refractivity contribution in [3.05, 3.63) is 84.5 Å². The Morgan fingerprint density at radius 3 is 2.17 bits per heavy atom. The van der Waals surface area contributed by atoms with Crippen molar-refractivity contribution in [2.45, 2.75) is 19.6 Å². The first-order chi connectivity index (χ1) is 11.1. The molecule has 3 heteroatoms. The number of ether oxygens (including phenoxy) is 2. The van der Waals surface area contributed by atoms with Gasteiger partial charge in [0.05, 0.1) is 0 Å². The van der Waals surface area contributed by atoms with Gasteiger partial charge in [0.15, 0.2) is 0 Å². The van der Waals surface area contributed by atoms with Gasteiger partial charge in [-0.05, 0) is 17.7 Å². The molecule has 0 radical (unpaired) electrons. The highest BCUT2D eigenvalue weighted by Crippen LogP contribution is 2.19. The molecule has 0 saturated heterocycles. The Hall–Kier alpha value is -2.81. The molecule has 0 aliphatic rings. The van der Waals surface area contributed by atoms with Crippen LogP contribution < -0.4 is 4.74 Å². The normalized spacial score (nSPS) is 11.7. The third-order valence-electron chi connectivity index (χ3n) is 2.88. The SMILES string of the molecule is CC(C)(OC(=O)C=CC=Cc1ccccc1)Oc1ccccc1. The van der Waals surface area contributed by atoms with Gasteiger partial charge in [-0.15, -0.1) is 0 Å². The van der Waals surface area contributed by atoms with Crippen LogP contribution >= 0.6 is 0 Å². The zero-order chi connectivity index (χ0) is 16.5. The second-order valence-corrected chi connectivity index (χ2v) is 5.36. The molecule has 0 fully saturated rings. The van der Waals surface area contributed by atoms with Gasteiger partial charge >= 0.3 is 5.97 Å². The smallest absolute Gasteiger partial charge is 0.334 e. The Kier molecular flexibility index (Phi) is 5.75. The van der Waals surface area contributed by atoms with E-state index in [0.29, 0.717) is 5.75 Å². The van der Waals surface area contributed by atoms with Gasteiger partial charge in [0, 0.05) is 19.9 Å². The van der Waals surface area contributed by atoms with Crippen molar-refractivity contribution in [3.8, 4) is 5.75 Å². The molecule has 0 unspecified atom stereocenters. The van der Waals surface area contributed by atoms with Crippen LogP contribution in [0, 0.1) is 0 Å². The van der Waals surface area contributed by atoms with Gasteiger partial charge in [0.2, 0.25) is 5.79 Å². The molecule has 0 spiro atoms. The third-order valence-corrected chi connectivity index (χ3v) is 2.88. The van der Waals surface area contributed by atoms with Gasteiger partial charge in [-0.1, -0.05) is 66.8 Å². The van der Waals surface area contributed by atoms with Crippen molar-refractivity contribution >= 4 is 12.0 Å². The molecule has 2 aromatic rings. The van der Waals surface area contributed by atoms with Crippen LogP contribution in [0.2, 0.25) is 0 Å². The van der Waals surface area contributed by atoms with Crippen LogP contribution in [-0.2, 0) is 9.53 Å². The minimum absolute atomic E-state index is 0.455. The number of esters is 1. The van der Waals surface area contributed by atoms with Crippen molar-refractivity contribution in [1.29, 1.82) is 0 Å². The Balaban J connectivity index is 1.86. The number of hydrogen-bond donors (Lipinski definition) is 0. The van der Waals surface area contributed by atoms with Gasteiger partial charge in [-0.2, -0.15) is 0 Å². The summed E-state index contributed by atoms with van der Waals surface area (Å²) in [4.78, 5) is 11.8. The lowest BCUT2D eigenvalue weighted by atomic mass is 10.2. The second kappa shape index (κ2) is 7.99. The van der Waals surface area contributed by atoms with Crippen LogP contribution in [0.25, 0.3) is 6.08 Å². The summed E-state index contributed by atoms with van der Waals surface area (Å²) in [5, 5.41) is 0. The molecule has 2 rings (SSSR count). The highest BCUT2D eigenvalue weighted by molar-refractivity contribution is 5.82. The lowest BCUT2D eigenvalue weighted by Gasteiger charge is -2.25. The number of para-hydroxylation sites is 1. The summed E-state index contributed by atoms with van der Waals surface area (Å²) in [6, 6.07) is 19.1. The van der Waals surface area contributed by atoms with E-state index >= 15 is 0 Å². The Bertz CT molecular complexity index is 671. The molecule has 2 aromatic carbocycles.